The van der Waals surface area contributed by atoms with Gasteiger partial charge in [-0.2, -0.15) is 5.10 Å². The second kappa shape index (κ2) is 4.25. The number of rotatable bonds is 2. The maximum Gasteiger partial charge on any atom is 0.201 e. The van der Waals surface area contributed by atoms with Crippen molar-refractivity contribution < 1.29 is 4.42 Å². The molecule has 0 saturated heterocycles. The quantitative estimate of drug-likeness (QED) is 0.632. The van der Waals surface area contributed by atoms with Gasteiger partial charge in [-0.15, -0.1) is 10.2 Å². The van der Waals surface area contributed by atoms with Gasteiger partial charge in [0.2, 0.25) is 5.43 Å². The predicted octanol–water partition coefficient (Wildman–Crippen LogP) is 1.27. The van der Waals surface area contributed by atoms with Crippen molar-refractivity contribution >= 4 is 17.2 Å². The molecular weight excluding hydrogens is 232 g/mol. The van der Waals surface area contributed by atoms with Gasteiger partial charge >= 0.3 is 0 Å². The van der Waals surface area contributed by atoms with E-state index >= 15 is 0 Å². The third kappa shape index (κ3) is 1.80. The molecule has 0 unspecified atom stereocenters. The Balaban J connectivity index is 2.08. The van der Waals surface area contributed by atoms with E-state index in [9.17, 15) is 4.79 Å². The molecular formula is C12H8N4O2. The Bertz CT molecular complexity index is 759. The number of fused-ring (bicyclic) bond motifs is 1. The summed E-state index contributed by atoms with van der Waals surface area (Å²) in [6.07, 6.45) is 5.67. The van der Waals surface area contributed by atoms with Crippen LogP contribution in [0.2, 0.25) is 0 Å². The first-order valence-corrected chi connectivity index (χ1v) is 5.24. The zero-order chi connectivity index (χ0) is 12.4. The first-order valence-electron chi connectivity index (χ1n) is 5.24. The number of nitrogens with zero attached hydrogens (tertiary/aromatic N) is 4. The third-order valence-corrected chi connectivity index (χ3v) is 2.44. The van der Waals surface area contributed by atoms with Crippen molar-refractivity contribution in [3.63, 3.8) is 0 Å². The molecule has 0 fully saturated rings. The molecule has 0 radical (unpaired) electrons. The average molecular weight is 240 g/mol. The Morgan fingerprint density at radius 2 is 2.00 bits per heavy atom. The van der Waals surface area contributed by atoms with Crippen LogP contribution in [0.5, 0.6) is 0 Å². The molecule has 6 nitrogen and oxygen atoms in total. The van der Waals surface area contributed by atoms with E-state index in [-0.39, 0.29) is 5.43 Å². The second-order valence-electron chi connectivity index (χ2n) is 3.60. The Kier molecular flexibility index (Phi) is 2.45. The van der Waals surface area contributed by atoms with Crippen molar-refractivity contribution in [3.8, 4) is 0 Å². The number of benzene rings is 1. The molecule has 2 aromatic heterocycles. The van der Waals surface area contributed by atoms with Crippen LogP contribution in [0.25, 0.3) is 11.0 Å². The third-order valence-electron chi connectivity index (χ3n) is 2.44. The molecule has 0 spiro atoms. The Morgan fingerprint density at radius 3 is 2.83 bits per heavy atom. The lowest BCUT2D eigenvalue weighted by molar-refractivity contribution is 0.601. The maximum absolute atomic E-state index is 12.1. The highest BCUT2D eigenvalue weighted by atomic mass is 16.3. The fourth-order valence-corrected chi connectivity index (χ4v) is 1.57. The van der Waals surface area contributed by atoms with Gasteiger partial charge < -0.3 is 4.42 Å². The Hall–Kier alpha value is -2.76. The number of para-hydroxylation sites is 1. The molecule has 6 heteroatoms. The minimum absolute atomic E-state index is 0.117. The molecule has 2 heterocycles. The van der Waals surface area contributed by atoms with Crippen LogP contribution in [-0.2, 0) is 0 Å². The lowest BCUT2D eigenvalue weighted by Gasteiger charge is -1.97. The number of hydrogen-bond donors (Lipinski definition) is 0. The molecule has 0 amide bonds. The van der Waals surface area contributed by atoms with Crippen molar-refractivity contribution in [3.05, 3.63) is 59.0 Å². The monoisotopic (exact) mass is 240 g/mol. The molecule has 0 aliphatic rings. The van der Waals surface area contributed by atoms with E-state index < -0.39 is 0 Å². The van der Waals surface area contributed by atoms with Gasteiger partial charge in [0, 0.05) is 0 Å². The van der Waals surface area contributed by atoms with E-state index in [0.29, 0.717) is 16.5 Å². The Labute approximate surface area is 101 Å². The van der Waals surface area contributed by atoms with Crippen LogP contribution in [0.1, 0.15) is 5.56 Å². The molecule has 0 aliphatic heterocycles. The van der Waals surface area contributed by atoms with Gasteiger partial charge in [-0.1, -0.05) is 12.1 Å². The first kappa shape index (κ1) is 10.4. The van der Waals surface area contributed by atoms with Crippen LogP contribution in [0.3, 0.4) is 0 Å². The van der Waals surface area contributed by atoms with Crippen LogP contribution in [-0.4, -0.2) is 21.1 Å². The van der Waals surface area contributed by atoms with Crippen molar-refractivity contribution in [2.45, 2.75) is 0 Å². The Morgan fingerprint density at radius 1 is 1.22 bits per heavy atom. The van der Waals surface area contributed by atoms with Gasteiger partial charge in [-0.25, -0.2) is 4.68 Å². The van der Waals surface area contributed by atoms with Gasteiger partial charge in [0.25, 0.3) is 0 Å². The van der Waals surface area contributed by atoms with E-state index in [1.807, 2.05) is 6.07 Å². The molecule has 0 N–H and O–H groups in total. The number of hydrogen-bond acceptors (Lipinski definition) is 5. The second-order valence-corrected chi connectivity index (χ2v) is 3.60. The minimum atomic E-state index is -0.117. The van der Waals surface area contributed by atoms with Gasteiger partial charge in [0.05, 0.1) is 17.2 Å². The summed E-state index contributed by atoms with van der Waals surface area (Å²) < 4.78 is 6.76. The summed E-state index contributed by atoms with van der Waals surface area (Å²) in [5.41, 5.74) is 0.819. The molecule has 0 saturated carbocycles. The van der Waals surface area contributed by atoms with Crippen molar-refractivity contribution in [1.82, 2.24) is 14.9 Å². The normalized spacial score (nSPS) is 11.3. The molecule has 18 heavy (non-hydrogen) atoms. The van der Waals surface area contributed by atoms with Crippen LogP contribution < -0.4 is 5.43 Å². The van der Waals surface area contributed by atoms with Gasteiger partial charge in [-0.05, 0) is 12.1 Å². The zero-order valence-electron chi connectivity index (χ0n) is 9.22. The molecule has 88 valence electrons. The van der Waals surface area contributed by atoms with E-state index in [2.05, 4.69) is 15.3 Å². The highest BCUT2D eigenvalue weighted by molar-refractivity contribution is 5.86. The van der Waals surface area contributed by atoms with Crippen LogP contribution >= 0.6 is 0 Å². The highest BCUT2D eigenvalue weighted by Crippen LogP contribution is 2.09. The fourth-order valence-electron chi connectivity index (χ4n) is 1.57. The molecule has 0 aliphatic carbocycles. The van der Waals surface area contributed by atoms with Crippen molar-refractivity contribution in [2.75, 3.05) is 0 Å². The number of aromatic nitrogens is 3. The van der Waals surface area contributed by atoms with Crippen LogP contribution in [0.15, 0.2) is 57.5 Å². The lowest BCUT2D eigenvalue weighted by Crippen LogP contribution is -2.08. The summed E-state index contributed by atoms with van der Waals surface area (Å²) >= 11 is 0. The summed E-state index contributed by atoms with van der Waals surface area (Å²) in [6, 6.07) is 7.07. The van der Waals surface area contributed by atoms with Crippen molar-refractivity contribution in [1.29, 1.82) is 0 Å². The molecule has 3 rings (SSSR count). The fraction of sp³-hybridized carbons (Fsp3) is 0. The van der Waals surface area contributed by atoms with E-state index in [1.165, 1.54) is 29.8 Å². The summed E-state index contributed by atoms with van der Waals surface area (Å²) in [4.78, 5) is 12.1. The smallest absolute Gasteiger partial charge is 0.201 e. The zero-order valence-corrected chi connectivity index (χ0v) is 9.22. The summed E-state index contributed by atoms with van der Waals surface area (Å²) in [6.45, 7) is 0. The van der Waals surface area contributed by atoms with Gasteiger partial charge in [0.15, 0.2) is 0 Å². The SMILES string of the molecule is O=c1c(/C=N/n2cnnc2)coc2ccccc12. The van der Waals surface area contributed by atoms with Crippen LogP contribution in [0.4, 0.5) is 0 Å². The summed E-state index contributed by atoms with van der Waals surface area (Å²) in [5.74, 6) is 0. The van der Waals surface area contributed by atoms with Gasteiger partial charge in [-0.3, -0.25) is 4.79 Å². The van der Waals surface area contributed by atoms with E-state index in [0.717, 1.165) is 0 Å². The van der Waals surface area contributed by atoms with Crippen LogP contribution in [0, 0.1) is 0 Å². The van der Waals surface area contributed by atoms with Gasteiger partial charge in [0.1, 0.15) is 24.5 Å². The standard InChI is InChI=1S/C12H8N4O2/c17-12-9(5-15-16-7-13-14-8-16)6-18-11-4-2-1-3-10(11)12/h1-8H/b15-5+. The van der Waals surface area contributed by atoms with E-state index in [1.54, 1.807) is 18.2 Å². The summed E-state index contributed by atoms with van der Waals surface area (Å²) in [5, 5.41) is 11.8. The van der Waals surface area contributed by atoms with Crippen molar-refractivity contribution in [2.24, 2.45) is 5.10 Å². The lowest BCUT2D eigenvalue weighted by atomic mass is 10.2. The molecule has 0 atom stereocenters. The molecule has 0 bridgehead atoms. The predicted molar refractivity (Wildman–Crippen MR) is 65.5 cm³/mol. The summed E-state index contributed by atoms with van der Waals surface area (Å²) in [7, 11) is 0. The molecule has 1 aromatic carbocycles. The molecule has 3 aromatic rings. The maximum atomic E-state index is 12.1. The minimum Gasteiger partial charge on any atom is -0.463 e. The topological polar surface area (TPSA) is 73.3 Å². The van der Waals surface area contributed by atoms with E-state index in [4.69, 9.17) is 4.42 Å². The first-order chi connectivity index (χ1) is 8.84. The average Bonchev–Trinajstić information content (AvgIpc) is 2.91. The largest absolute Gasteiger partial charge is 0.463 e. The highest BCUT2D eigenvalue weighted by Gasteiger charge is 2.03.